The Morgan fingerprint density at radius 3 is 2.76 bits per heavy atom. The predicted molar refractivity (Wildman–Crippen MR) is 56.8 cm³/mol. The third kappa shape index (κ3) is 3.89. The summed E-state index contributed by atoms with van der Waals surface area (Å²) in [6.07, 6.45) is -0.612. The van der Waals surface area contributed by atoms with Gasteiger partial charge in [-0.05, 0) is 6.07 Å². The Morgan fingerprint density at radius 2 is 2.24 bits per heavy atom. The molecule has 0 bridgehead atoms. The van der Waals surface area contributed by atoms with Crippen LogP contribution in [0.15, 0.2) is 18.5 Å². The van der Waals surface area contributed by atoms with Gasteiger partial charge in [0.2, 0.25) is 0 Å². The number of carbonyl (C=O) groups is 1. The van der Waals surface area contributed by atoms with E-state index < -0.39 is 24.7 Å². The highest BCUT2D eigenvalue weighted by atomic mass is 35.5. The average Bonchev–Trinajstić information content (AvgIpc) is 2.28. The second-order valence-electron chi connectivity index (χ2n) is 3.19. The van der Waals surface area contributed by atoms with Crippen LogP contribution in [-0.2, 0) is 0 Å². The summed E-state index contributed by atoms with van der Waals surface area (Å²) in [5, 5.41) is 0. The highest BCUT2D eigenvalue weighted by Crippen LogP contribution is 2.10. The molecule has 7 heteroatoms. The molecule has 0 aliphatic carbocycles. The normalized spacial score (nSPS) is 10.6. The third-order valence-corrected chi connectivity index (χ3v) is 2.17. The van der Waals surface area contributed by atoms with E-state index in [2.05, 4.69) is 4.98 Å². The Hall–Kier alpha value is -1.30. The van der Waals surface area contributed by atoms with Gasteiger partial charge in [-0.25, -0.2) is 13.2 Å². The van der Waals surface area contributed by atoms with E-state index in [-0.39, 0.29) is 18.0 Å². The third-order valence-electron chi connectivity index (χ3n) is 2.00. The molecule has 1 aromatic rings. The van der Waals surface area contributed by atoms with Crippen LogP contribution in [0.2, 0.25) is 0 Å². The standard InChI is InChI=1S/C10H10ClF3N2O/c11-2-4-16(6-9(13)14)10(17)7-1-3-15-5-8(7)12/h1,3,5,9H,2,4,6H2. The molecule has 0 saturated heterocycles. The topological polar surface area (TPSA) is 33.2 Å². The van der Waals surface area contributed by atoms with Crippen LogP contribution in [0.25, 0.3) is 0 Å². The number of alkyl halides is 3. The number of pyridine rings is 1. The van der Waals surface area contributed by atoms with E-state index in [1.54, 1.807) is 0 Å². The molecule has 1 amide bonds. The molecule has 1 aromatic heterocycles. The van der Waals surface area contributed by atoms with Gasteiger partial charge in [0.25, 0.3) is 12.3 Å². The van der Waals surface area contributed by atoms with Gasteiger partial charge in [0, 0.05) is 18.6 Å². The van der Waals surface area contributed by atoms with Crippen LogP contribution in [0.5, 0.6) is 0 Å². The first-order chi connectivity index (χ1) is 8.06. The lowest BCUT2D eigenvalue weighted by atomic mass is 10.2. The summed E-state index contributed by atoms with van der Waals surface area (Å²) in [5.74, 6) is -1.65. The van der Waals surface area contributed by atoms with Crippen molar-refractivity contribution in [2.45, 2.75) is 6.43 Å². The maximum Gasteiger partial charge on any atom is 0.257 e. The van der Waals surface area contributed by atoms with Crippen LogP contribution in [0.3, 0.4) is 0 Å². The Kier molecular flexibility index (Phi) is 5.21. The highest BCUT2D eigenvalue weighted by molar-refractivity contribution is 6.18. The molecule has 0 aromatic carbocycles. The molecule has 1 rings (SSSR count). The van der Waals surface area contributed by atoms with Gasteiger partial charge in [0.15, 0.2) is 5.82 Å². The SMILES string of the molecule is O=C(c1ccncc1F)N(CCCl)CC(F)F. The lowest BCUT2D eigenvalue weighted by Gasteiger charge is -2.21. The molecule has 0 aliphatic rings. The molecular formula is C10H10ClF3N2O. The van der Waals surface area contributed by atoms with Crippen LogP contribution in [0, 0.1) is 5.82 Å². The molecule has 0 atom stereocenters. The molecule has 17 heavy (non-hydrogen) atoms. The number of amides is 1. The molecule has 0 N–H and O–H groups in total. The van der Waals surface area contributed by atoms with Gasteiger partial charge in [-0.15, -0.1) is 11.6 Å². The Labute approximate surface area is 101 Å². The van der Waals surface area contributed by atoms with Crippen molar-refractivity contribution in [3.8, 4) is 0 Å². The second kappa shape index (κ2) is 6.44. The van der Waals surface area contributed by atoms with E-state index in [0.717, 1.165) is 17.2 Å². The maximum atomic E-state index is 13.2. The zero-order valence-electron chi connectivity index (χ0n) is 8.75. The van der Waals surface area contributed by atoms with Crippen molar-refractivity contribution in [2.75, 3.05) is 19.0 Å². The Balaban J connectivity index is 2.88. The number of halogens is 4. The molecule has 0 saturated carbocycles. The highest BCUT2D eigenvalue weighted by Gasteiger charge is 2.21. The van der Waals surface area contributed by atoms with Crippen molar-refractivity contribution in [3.63, 3.8) is 0 Å². The molecule has 0 unspecified atom stereocenters. The number of aromatic nitrogens is 1. The number of nitrogens with zero attached hydrogens (tertiary/aromatic N) is 2. The summed E-state index contributed by atoms with van der Waals surface area (Å²) < 4.78 is 37.7. The minimum Gasteiger partial charge on any atom is -0.332 e. The van der Waals surface area contributed by atoms with Gasteiger partial charge < -0.3 is 4.90 Å². The number of rotatable bonds is 5. The van der Waals surface area contributed by atoms with Crippen LogP contribution in [-0.4, -0.2) is 41.2 Å². The summed E-state index contributed by atoms with van der Waals surface area (Å²) in [4.78, 5) is 16.0. The maximum absolute atomic E-state index is 13.2. The van der Waals surface area contributed by atoms with E-state index in [1.807, 2.05) is 0 Å². The smallest absolute Gasteiger partial charge is 0.257 e. The van der Waals surface area contributed by atoms with E-state index in [4.69, 9.17) is 11.6 Å². The van der Waals surface area contributed by atoms with Crippen molar-refractivity contribution in [3.05, 3.63) is 29.8 Å². The largest absolute Gasteiger partial charge is 0.332 e. The number of hydrogen-bond acceptors (Lipinski definition) is 2. The van der Waals surface area contributed by atoms with Crippen molar-refractivity contribution >= 4 is 17.5 Å². The average molecular weight is 267 g/mol. The second-order valence-corrected chi connectivity index (χ2v) is 3.56. The molecule has 94 valence electrons. The first-order valence-electron chi connectivity index (χ1n) is 4.79. The van der Waals surface area contributed by atoms with E-state index in [0.29, 0.717) is 0 Å². The summed E-state index contributed by atoms with van der Waals surface area (Å²) in [6, 6.07) is 1.14. The van der Waals surface area contributed by atoms with Crippen molar-refractivity contribution in [1.82, 2.24) is 9.88 Å². The van der Waals surface area contributed by atoms with Gasteiger partial charge in [0.05, 0.1) is 18.3 Å². The van der Waals surface area contributed by atoms with Gasteiger partial charge >= 0.3 is 0 Å². The summed E-state index contributed by atoms with van der Waals surface area (Å²) >= 11 is 5.41. The summed E-state index contributed by atoms with van der Waals surface area (Å²) in [6.45, 7) is -0.834. The van der Waals surface area contributed by atoms with Crippen LogP contribution in [0.1, 0.15) is 10.4 Å². The molecule has 0 fully saturated rings. The molecular weight excluding hydrogens is 257 g/mol. The van der Waals surface area contributed by atoms with E-state index >= 15 is 0 Å². The van der Waals surface area contributed by atoms with E-state index in [1.165, 1.54) is 6.20 Å². The van der Waals surface area contributed by atoms with Crippen LogP contribution >= 0.6 is 11.6 Å². The lowest BCUT2D eigenvalue weighted by Crippen LogP contribution is -2.37. The molecule has 0 aliphatic heterocycles. The fraction of sp³-hybridized carbons (Fsp3) is 0.400. The molecule has 0 spiro atoms. The molecule has 0 radical (unpaired) electrons. The molecule has 3 nitrogen and oxygen atoms in total. The lowest BCUT2D eigenvalue weighted by molar-refractivity contribution is 0.0567. The Bertz CT molecular complexity index is 390. The van der Waals surface area contributed by atoms with Gasteiger partial charge in [-0.2, -0.15) is 0 Å². The fourth-order valence-electron chi connectivity index (χ4n) is 1.26. The fourth-order valence-corrected chi connectivity index (χ4v) is 1.47. The van der Waals surface area contributed by atoms with Crippen LogP contribution < -0.4 is 0 Å². The minimum absolute atomic E-state index is 0.00512. The predicted octanol–water partition coefficient (Wildman–Crippen LogP) is 2.17. The first kappa shape index (κ1) is 13.8. The van der Waals surface area contributed by atoms with Gasteiger partial charge in [-0.1, -0.05) is 0 Å². The molecule has 1 heterocycles. The van der Waals surface area contributed by atoms with Crippen molar-refractivity contribution < 1.29 is 18.0 Å². The zero-order valence-corrected chi connectivity index (χ0v) is 9.50. The quantitative estimate of drug-likeness (QED) is 0.765. The first-order valence-corrected chi connectivity index (χ1v) is 5.32. The summed E-state index contributed by atoms with van der Waals surface area (Å²) in [7, 11) is 0. The minimum atomic E-state index is -2.69. The monoisotopic (exact) mass is 266 g/mol. The van der Waals surface area contributed by atoms with E-state index in [9.17, 15) is 18.0 Å². The zero-order chi connectivity index (χ0) is 12.8. The van der Waals surface area contributed by atoms with Crippen molar-refractivity contribution in [1.29, 1.82) is 0 Å². The van der Waals surface area contributed by atoms with Gasteiger partial charge in [-0.3, -0.25) is 9.78 Å². The Morgan fingerprint density at radius 1 is 1.53 bits per heavy atom. The van der Waals surface area contributed by atoms with Gasteiger partial charge in [0.1, 0.15) is 0 Å². The van der Waals surface area contributed by atoms with Crippen LogP contribution in [0.4, 0.5) is 13.2 Å². The summed E-state index contributed by atoms with van der Waals surface area (Å²) in [5.41, 5.74) is -0.286. The van der Waals surface area contributed by atoms with Crippen molar-refractivity contribution in [2.24, 2.45) is 0 Å². The number of hydrogen-bond donors (Lipinski definition) is 0. The number of carbonyl (C=O) groups excluding carboxylic acids is 1.